The Bertz CT molecular complexity index is 937. The van der Waals surface area contributed by atoms with Gasteiger partial charge >= 0.3 is 6.18 Å². The zero-order valence-electron chi connectivity index (χ0n) is 16.8. The Morgan fingerprint density at radius 3 is 2.50 bits per heavy atom. The van der Waals surface area contributed by atoms with Gasteiger partial charge in [0.25, 0.3) is 11.8 Å². The van der Waals surface area contributed by atoms with Gasteiger partial charge < -0.3 is 4.74 Å². The topological polar surface area (TPSA) is 67.4 Å². The minimum absolute atomic E-state index is 0.204. The number of carbonyl (C=O) groups is 2. The zero-order chi connectivity index (χ0) is 22.3. The maximum atomic E-state index is 12.7. The second kappa shape index (κ2) is 9.96. The molecule has 30 heavy (non-hydrogen) atoms. The van der Waals surface area contributed by atoms with Crippen LogP contribution in [-0.4, -0.2) is 18.4 Å². The average molecular weight is 420 g/mol. The van der Waals surface area contributed by atoms with Crippen molar-refractivity contribution in [2.75, 3.05) is 6.61 Å². The lowest BCUT2D eigenvalue weighted by Gasteiger charge is -2.14. The van der Waals surface area contributed by atoms with Crippen LogP contribution in [0.1, 0.15) is 42.0 Å². The smallest absolute Gasteiger partial charge is 0.416 e. The van der Waals surface area contributed by atoms with Crippen molar-refractivity contribution in [1.82, 2.24) is 10.9 Å². The van der Waals surface area contributed by atoms with Crippen LogP contribution in [0.4, 0.5) is 13.2 Å². The van der Waals surface area contributed by atoms with Crippen molar-refractivity contribution in [3.8, 4) is 5.75 Å². The van der Waals surface area contributed by atoms with Gasteiger partial charge in [-0.25, -0.2) is 0 Å². The summed E-state index contributed by atoms with van der Waals surface area (Å²) in [5.41, 5.74) is 5.69. The van der Waals surface area contributed by atoms with Gasteiger partial charge in [0.1, 0.15) is 5.75 Å². The zero-order valence-corrected chi connectivity index (χ0v) is 16.8. The highest BCUT2D eigenvalue weighted by Gasteiger charge is 2.30. The van der Waals surface area contributed by atoms with Crippen molar-refractivity contribution < 1.29 is 27.5 Å². The summed E-state index contributed by atoms with van der Waals surface area (Å²) in [7, 11) is 0. The minimum Gasteiger partial charge on any atom is -0.483 e. The predicted molar refractivity (Wildman–Crippen MR) is 108 cm³/mol. The standard InChI is InChI=1S/C22H23F3N2O3/c1-14(2)18-9-7-15(3)11-19(18)30-13-21(29)27-26-20(28)10-8-16-5-4-6-17(12-16)22(23,24)25/h4-12,14H,13H2,1-3H3,(H,26,28)(H,27,29). The lowest BCUT2D eigenvalue weighted by Crippen LogP contribution is -2.43. The molecule has 2 amide bonds. The van der Waals surface area contributed by atoms with E-state index in [1.54, 1.807) is 0 Å². The van der Waals surface area contributed by atoms with E-state index in [-0.39, 0.29) is 18.1 Å². The molecular weight excluding hydrogens is 397 g/mol. The van der Waals surface area contributed by atoms with E-state index >= 15 is 0 Å². The molecule has 0 aliphatic carbocycles. The van der Waals surface area contributed by atoms with E-state index < -0.39 is 23.6 Å². The third-order valence-electron chi connectivity index (χ3n) is 4.12. The Balaban J connectivity index is 1.86. The van der Waals surface area contributed by atoms with Crippen LogP contribution >= 0.6 is 0 Å². The SMILES string of the molecule is Cc1ccc(C(C)C)c(OCC(=O)NNC(=O)C=Cc2cccc(C(F)(F)F)c2)c1. The predicted octanol–water partition coefficient (Wildman–Crippen LogP) is 4.38. The Morgan fingerprint density at radius 1 is 1.10 bits per heavy atom. The lowest BCUT2D eigenvalue weighted by atomic mass is 10.0. The molecule has 0 radical (unpaired) electrons. The van der Waals surface area contributed by atoms with Crippen LogP contribution < -0.4 is 15.6 Å². The molecule has 2 aromatic rings. The number of benzene rings is 2. The van der Waals surface area contributed by atoms with Crippen molar-refractivity contribution in [3.05, 3.63) is 70.8 Å². The summed E-state index contributed by atoms with van der Waals surface area (Å²) >= 11 is 0. The highest BCUT2D eigenvalue weighted by atomic mass is 19.4. The van der Waals surface area contributed by atoms with Gasteiger partial charge in [-0.1, -0.05) is 38.1 Å². The van der Waals surface area contributed by atoms with Gasteiger partial charge in [-0.05, 0) is 53.8 Å². The number of alkyl halides is 3. The largest absolute Gasteiger partial charge is 0.483 e. The van der Waals surface area contributed by atoms with Gasteiger partial charge in [0.05, 0.1) is 5.56 Å². The van der Waals surface area contributed by atoms with Gasteiger partial charge in [0.15, 0.2) is 6.61 Å². The number of aryl methyl sites for hydroxylation is 1. The van der Waals surface area contributed by atoms with E-state index in [4.69, 9.17) is 4.74 Å². The highest BCUT2D eigenvalue weighted by molar-refractivity contribution is 5.93. The van der Waals surface area contributed by atoms with Gasteiger partial charge in [-0.15, -0.1) is 0 Å². The van der Waals surface area contributed by atoms with E-state index in [1.807, 2.05) is 39.0 Å². The first kappa shape index (κ1) is 23.0. The Hall–Kier alpha value is -3.29. The fourth-order valence-corrected chi connectivity index (χ4v) is 2.59. The summed E-state index contributed by atoms with van der Waals surface area (Å²) in [6, 6.07) is 10.3. The van der Waals surface area contributed by atoms with Crippen LogP contribution in [0.2, 0.25) is 0 Å². The summed E-state index contributed by atoms with van der Waals surface area (Å²) in [5.74, 6) is -0.466. The maximum absolute atomic E-state index is 12.7. The molecule has 0 aliphatic rings. The molecule has 0 bridgehead atoms. The lowest BCUT2D eigenvalue weighted by molar-refractivity contribution is -0.137. The quantitative estimate of drug-likeness (QED) is 0.539. The molecule has 0 aromatic heterocycles. The van der Waals surface area contributed by atoms with Gasteiger partial charge in [-0.2, -0.15) is 13.2 Å². The Labute approximate surface area is 172 Å². The van der Waals surface area contributed by atoms with E-state index in [9.17, 15) is 22.8 Å². The van der Waals surface area contributed by atoms with Crippen molar-refractivity contribution >= 4 is 17.9 Å². The number of halogens is 3. The summed E-state index contributed by atoms with van der Waals surface area (Å²) in [6.07, 6.45) is -2.23. The molecule has 2 aromatic carbocycles. The number of ether oxygens (including phenoxy) is 1. The summed E-state index contributed by atoms with van der Waals surface area (Å²) < 4.78 is 43.7. The molecule has 5 nitrogen and oxygen atoms in total. The molecule has 0 spiro atoms. The number of nitrogens with one attached hydrogen (secondary N) is 2. The molecule has 0 heterocycles. The Kier molecular flexibility index (Phi) is 7.63. The van der Waals surface area contributed by atoms with Crippen LogP contribution in [0.25, 0.3) is 6.08 Å². The van der Waals surface area contributed by atoms with E-state index in [0.29, 0.717) is 5.75 Å². The Morgan fingerprint density at radius 2 is 1.83 bits per heavy atom. The van der Waals surface area contributed by atoms with Crippen molar-refractivity contribution in [1.29, 1.82) is 0 Å². The molecule has 0 fully saturated rings. The van der Waals surface area contributed by atoms with Gasteiger partial charge in [0, 0.05) is 6.08 Å². The minimum atomic E-state index is -4.47. The molecule has 2 N–H and O–H groups in total. The summed E-state index contributed by atoms with van der Waals surface area (Å²) in [5, 5.41) is 0. The van der Waals surface area contributed by atoms with Gasteiger partial charge in [-0.3, -0.25) is 20.4 Å². The number of amides is 2. The molecule has 160 valence electrons. The van der Waals surface area contributed by atoms with Crippen molar-refractivity contribution in [2.45, 2.75) is 32.9 Å². The number of hydrogen-bond donors (Lipinski definition) is 2. The van der Waals surface area contributed by atoms with Crippen LogP contribution in [0.5, 0.6) is 5.75 Å². The third kappa shape index (κ3) is 6.95. The van der Waals surface area contributed by atoms with Crippen LogP contribution in [-0.2, 0) is 15.8 Å². The first-order valence-electron chi connectivity index (χ1n) is 9.24. The molecule has 2 rings (SSSR count). The summed E-state index contributed by atoms with van der Waals surface area (Å²) in [4.78, 5) is 23.7. The van der Waals surface area contributed by atoms with Gasteiger partial charge in [0.2, 0.25) is 0 Å². The molecule has 0 aliphatic heterocycles. The van der Waals surface area contributed by atoms with E-state index in [1.165, 1.54) is 18.2 Å². The molecule has 0 unspecified atom stereocenters. The average Bonchev–Trinajstić information content (AvgIpc) is 2.68. The normalized spacial score (nSPS) is 11.6. The van der Waals surface area contributed by atoms with Crippen molar-refractivity contribution in [3.63, 3.8) is 0 Å². The van der Waals surface area contributed by atoms with E-state index in [0.717, 1.165) is 29.3 Å². The molecule has 0 atom stereocenters. The molecule has 0 saturated heterocycles. The van der Waals surface area contributed by atoms with Crippen molar-refractivity contribution in [2.24, 2.45) is 0 Å². The fraction of sp³-hybridized carbons (Fsp3) is 0.273. The highest BCUT2D eigenvalue weighted by Crippen LogP contribution is 2.30. The van der Waals surface area contributed by atoms with E-state index in [2.05, 4.69) is 10.9 Å². The van der Waals surface area contributed by atoms with Crippen LogP contribution in [0, 0.1) is 6.92 Å². The first-order chi connectivity index (χ1) is 14.1. The first-order valence-corrected chi connectivity index (χ1v) is 9.24. The maximum Gasteiger partial charge on any atom is 0.416 e. The monoisotopic (exact) mass is 420 g/mol. The number of hydrogen-bond acceptors (Lipinski definition) is 3. The third-order valence-corrected chi connectivity index (χ3v) is 4.12. The number of hydrazine groups is 1. The molecule has 8 heteroatoms. The van der Waals surface area contributed by atoms with Crippen LogP contribution in [0.3, 0.4) is 0 Å². The molecular formula is C22H23F3N2O3. The fourth-order valence-electron chi connectivity index (χ4n) is 2.59. The number of carbonyl (C=O) groups excluding carboxylic acids is 2. The van der Waals surface area contributed by atoms with Crippen LogP contribution in [0.15, 0.2) is 48.5 Å². The molecule has 0 saturated carbocycles. The second-order valence-electron chi connectivity index (χ2n) is 6.98. The number of rotatable bonds is 6. The summed E-state index contributed by atoms with van der Waals surface area (Å²) in [6.45, 7) is 5.62. The second-order valence-corrected chi connectivity index (χ2v) is 6.98.